The van der Waals surface area contributed by atoms with E-state index < -0.39 is 17.8 Å². The molecule has 126 valence electrons. The maximum atomic E-state index is 12.0. The standard InChI is InChI=1S/C16H18N4O4/c1-9-7-13(10(2)24-9)15(22)20-19-14(21)12-5-3-11(4-6-12)8-18-16(17)23/h3-7H,8H2,1-2H3,(H,19,21)(H,20,22)(H3,17,18,23). The fourth-order valence-electron chi connectivity index (χ4n) is 2.07. The van der Waals surface area contributed by atoms with Crippen molar-refractivity contribution < 1.29 is 18.8 Å². The van der Waals surface area contributed by atoms with Crippen LogP contribution in [0.3, 0.4) is 0 Å². The zero-order chi connectivity index (χ0) is 17.7. The molecule has 1 aromatic carbocycles. The second-order valence-electron chi connectivity index (χ2n) is 5.15. The highest BCUT2D eigenvalue weighted by Crippen LogP contribution is 2.13. The Bertz CT molecular complexity index is 765. The van der Waals surface area contributed by atoms with E-state index in [1.807, 2.05) is 0 Å². The third-order valence-corrected chi connectivity index (χ3v) is 3.26. The van der Waals surface area contributed by atoms with Gasteiger partial charge in [-0.3, -0.25) is 20.4 Å². The number of furan rings is 1. The molecule has 0 unspecified atom stereocenters. The second-order valence-corrected chi connectivity index (χ2v) is 5.15. The summed E-state index contributed by atoms with van der Waals surface area (Å²) in [4.78, 5) is 34.6. The topological polar surface area (TPSA) is 126 Å². The number of rotatable bonds is 4. The van der Waals surface area contributed by atoms with Crippen LogP contribution in [0, 0.1) is 13.8 Å². The van der Waals surface area contributed by atoms with Crippen molar-refractivity contribution in [2.24, 2.45) is 5.73 Å². The number of carbonyl (C=O) groups is 3. The lowest BCUT2D eigenvalue weighted by atomic mass is 10.1. The molecular weight excluding hydrogens is 312 g/mol. The molecule has 4 amide bonds. The zero-order valence-corrected chi connectivity index (χ0v) is 13.3. The van der Waals surface area contributed by atoms with Crippen LogP contribution >= 0.6 is 0 Å². The molecule has 8 heteroatoms. The van der Waals surface area contributed by atoms with E-state index >= 15 is 0 Å². The Hall–Kier alpha value is -3.29. The molecule has 1 heterocycles. The molecule has 0 aliphatic carbocycles. The van der Waals surface area contributed by atoms with Crippen molar-refractivity contribution in [3.05, 3.63) is 58.5 Å². The van der Waals surface area contributed by atoms with Gasteiger partial charge in [0.1, 0.15) is 11.5 Å². The number of nitrogens with two attached hydrogens (primary N) is 1. The van der Waals surface area contributed by atoms with Gasteiger partial charge >= 0.3 is 6.03 Å². The molecule has 0 radical (unpaired) electrons. The fourth-order valence-corrected chi connectivity index (χ4v) is 2.07. The molecule has 0 saturated heterocycles. The van der Waals surface area contributed by atoms with Gasteiger partial charge in [0.15, 0.2) is 0 Å². The van der Waals surface area contributed by atoms with Gasteiger partial charge in [-0.1, -0.05) is 12.1 Å². The predicted molar refractivity (Wildman–Crippen MR) is 86.0 cm³/mol. The zero-order valence-electron chi connectivity index (χ0n) is 13.3. The predicted octanol–water partition coefficient (Wildman–Crippen LogP) is 1.14. The highest BCUT2D eigenvalue weighted by molar-refractivity contribution is 5.99. The minimum Gasteiger partial charge on any atom is -0.466 e. The monoisotopic (exact) mass is 330 g/mol. The molecule has 1 aromatic heterocycles. The third kappa shape index (κ3) is 4.35. The van der Waals surface area contributed by atoms with E-state index in [2.05, 4.69) is 16.2 Å². The molecule has 5 N–H and O–H groups in total. The van der Waals surface area contributed by atoms with Gasteiger partial charge in [0, 0.05) is 12.1 Å². The summed E-state index contributed by atoms with van der Waals surface area (Å²) >= 11 is 0. The van der Waals surface area contributed by atoms with Crippen LogP contribution in [0.15, 0.2) is 34.7 Å². The van der Waals surface area contributed by atoms with Gasteiger partial charge in [-0.15, -0.1) is 0 Å². The average Bonchev–Trinajstić information content (AvgIpc) is 2.89. The SMILES string of the molecule is Cc1cc(C(=O)NNC(=O)c2ccc(CNC(N)=O)cc2)c(C)o1. The van der Waals surface area contributed by atoms with E-state index in [1.54, 1.807) is 44.2 Å². The summed E-state index contributed by atoms with van der Waals surface area (Å²) in [7, 11) is 0. The number of nitrogens with one attached hydrogen (secondary N) is 3. The molecule has 24 heavy (non-hydrogen) atoms. The first-order valence-corrected chi connectivity index (χ1v) is 7.17. The van der Waals surface area contributed by atoms with Crippen LogP contribution in [0.1, 0.15) is 37.8 Å². The van der Waals surface area contributed by atoms with E-state index in [9.17, 15) is 14.4 Å². The van der Waals surface area contributed by atoms with Crippen molar-refractivity contribution >= 4 is 17.8 Å². The Labute approximate surface area is 138 Å². The molecule has 2 aromatic rings. The average molecular weight is 330 g/mol. The molecule has 8 nitrogen and oxygen atoms in total. The highest BCUT2D eigenvalue weighted by atomic mass is 16.3. The number of hydrogen-bond acceptors (Lipinski definition) is 4. The van der Waals surface area contributed by atoms with Crippen molar-refractivity contribution in [2.75, 3.05) is 0 Å². The molecule has 0 saturated carbocycles. The Morgan fingerprint density at radius 2 is 1.67 bits per heavy atom. The van der Waals surface area contributed by atoms with Crippen LogP contribution in [0.5, 0.6) is 0 Å². The van der Waals surface area contributed by atoms with E-state index in [-0.39, 0.29) is 6.54 Å². The minimum absolute atomic E-state index is 0.271. The summed E-state index contributed by atoms with van der Waals surface area (Å²) in [6, 6.07) is 7.48. The van der Waals surface area contributed by atoms with Crippen molar-refractivity contribution in [1.29, 1.82) is 0 Å². The lowest BCUT2D eigenvalue weighted by Gasteiger charge is -2.08. The summed E-state index contributed by atoms with van der Waals surface area (Å²) in [6.07, 6.45) is 0. The van der Waals surface area contributed by atoms with Gasteiger partial charge < -0.3 is 15.5 Å². The van der Waals surface area contributed by atoms with E-state index in [4.69, 9.17) is 10.2 Å². The summed E-state index contributed by atoms with van der Waals surface area (Å²) in [5.41, 5.74) is 11.2. The normalized spacial score (nSPS) is 10.1. The van der Waals surface area contributed by atoms with Crippen LogP contribution in [0.25, 0.3) is 0 Å². The highest BCUT2D eigenvalue weighted by Gasteiger charge is 2.14. The van der Waals surface area contributed by atoms with Crippen LogP contribution in [-0.4, -0.2) is 17.8 Å². The first-order valence-electron chi connectivity index (χ1n) is 7.17. The van der Waals surface area contributed by atoms with Crippen molar-refractivity contribution in [2.45, 2.75) is 20.4 Å². The number of amides is 4. The van der Waals surface area contributed by atoms with Gasteiger partial charge in [0.2, 0.25) is 0 Å². The Balaban J connectivity index is 1.91. The van der Waals surface area contributed by atoms with Crippen LogP contribution in [0.4, 0.5) is 4.79 Å². The maximum Gasteiger partial charge on any atom is 0.312 e. The molecular formula is C16H18N4O4. The second kappa shape index (κ2) is 7.32. The van der Waals surface area contributed by atoms with Crippen molar-refractivity contribution in [3.63, 3.8) is 0 Å². The van der Waals surface area contributed by atoms with Gasteiger partial charge in [0.25, 0.3) is 11.8 Å². The van der Waals surface area contributed by atoms with Crippen molar-refractivity contribution in [1.82, 2.24) is 16.2 Å². The van der Waals surface area contributed by atoms with Crippen LogP contribution < -0.4 is 21.9 Å². The molecule has 0 aliphatic rings. The van der Waals surface area contributed by atoms with Crippen LogP contribution in [0.2, 0.25) is 0 Å². The number of aryl methyl sites for hydroxylation is 2. The maximum absolute atomic E-state index is 12.0. The number of hydrazine groups is 1. The summed E-state index contributed by atoms with van der Waals surface area (Å²) < 4.78 is 5.27. The van der Waals surface area contributed by atoms with Crippen molar-refractivity contribution in [3.8, 4) is 0 Å². The summed E-state index contributed by atoms with van der Waals surface area (Å²) in [6.45, 7) is 3.67. The smallest absolute Gasteiger partial charge is 0.312 e. The molecule has 2 rings (SSSR count). The third-order valence-electron chi connectivity index (χ3n) is 3.26. The Morgan fingerprint density at radius 3 is 2.21 bits per heavy atom. The fraction of sp³-hybridized carbons (Fsp3) is 0.188. The largest absolute Gasteiger partial charge is 0.466 e. The van der Waals surface area contributed by atoms with E-state index in [0.29, 0.717) is 22.6 Å². The lowest BCUT2D eigenvalue weighted by Crippen LogP contribution is -2.41. The molecule has 0 aliphatic heterocycles. The van der Waals surface area contributed by atoms with Crippen LogP contribution in [-0.2, 0) is 6.54 Å². The first kappa shape index (κ1) is 17.1. The minimum atomic E-state index is -0.621. The summed E-state index contributed by atoms with van der Waals surface area (Å²) in [5, 5.41) is 2.45. The summed E-state index contributed by atoms with van der Waals surface area (Å²) in [5.74, 6) is 0.172. The van der Waals surface area contributed by atoms with E-state index in [0.717, 1.165) is 5.56 Å². The first-order chi connectivity index (χ1) is 11.4. The number of benzene rings is 1. The number of carbonyl (C=O) groups excluding carboxylic acids is 3. The van der Waals surface area contributed by atoms with Gasteiger partial charge in [-0.2, -0.15) is 0 Å². The number of primary amides is 1. The lowest BCUT2D eigenvalue weighted by molar-refractivity contribution is 0.0845. The van der Waals surface area contributed by atoms with Gasteiger partial charge in [0.05, 0.1) is 5.56 Å². The van der Waals surface area contributed by atoms with Gasteiger partial charge in [-0.25, -0.2) is 4.79 Å². The van der Waals surface area contributed by atoms with E-state index in [1.165, 1.54) is 0 Å². The number of urea groups is 1. The molecule has 0 atom stereocenters. The number of hydrogen-bond donors (Lipinski definition) is 4. The Kier molecular flexibility index (Phi) is 5.20. The molecule has 0 bridgehead atoms. The quantitative estimate of drug-likeness (QED) is 0.627. The Morgan fingerprint density at radius 1 is 1.04 bits per heavy atom. The molecule has 0 fully saturated rings. The van der Waals surface area contributed by atoms with Gasteiger partial charge in [-0.05, 0) is 37.6 Å². The molecule has 0 spiro atoms.